The maximum Gasteiger partial charge on any atom is 0.344 e. The van der Waals surface area contributed by atoms with Crippen LogP contribution in [0.2, 0.25) is 0 Å². The third-order valence-corrected chi connectivity index (χ3v) is 4.58. The molecule has 3 rings (SSSR count). The Morgan fingerprint density at radius 2 is 1.63 bits per heavy atom. The molecule has 0 saturated carbocycles. The first-order valence-corrected chi connectivity index (χ1v) is 9.72. The largest absolute Gasteiger partial charge is 0.482 e. The minimum atomic E-state index is -0.982. The maximum atomic E-state index is 12.4. The quantitative estimate of drug-likeness (QED) is 0.444. The van der Waals surface area contributed by atoms with E-state index in [1.807, 2.05) is 36.4 Å². The van der Waals surface area contributed by atoms with E-state index in [-0.39, 0.29) is 12.4 Å². The van der Waals surface area contributed by atoms with Gasteiger partial charge in [0.25, 0.3) is 5.91 Å². The second-order valence-electron chi connectivity index (χ2n) is 6.74. The molecule has 0 heterocycles. The van der Waals surface area contributed by atoms with Crippen LogP contribution < -0.4 is 10.1 Å². The van der Waals surface area contributed by atoms with E-state index in [2.05, 4.69) is 5.32 Å². The molecule has 0 saturated heterocycles. The molecule has 1 amide bonds. The minimum Gasteiger partial charge on any atom is -0.482 e. The average molecular weight is 405 g/mol. The molecule has 0 aliphatic carbocycles. The number of hydrogen-bond donors (Lipinski definition) is 1. The van der Waals surface area contributed by atoms with Crippen molar-refractivity contribution in [2.24, 2.45) is 0 Å². The molecule has 0 bridgehead atoms. The number of esters is 1. The number of benzene rings is 3. The first kappa shape index (κ1) is 21.0. The number of fused-ring (bicyclic) bond motifs is 1. The predicted octanol–water partition coefficient (Wildman–Crippen LogP) is 4.38. The van der Waals surface area contributed by atoms with Gasteiger partial charge in [0.2, 0.25) is 0 Å². The van der Waals surface area contributed by atoms with E-state index in [1.165, 1.54) is 6.92 Å². The molecule has 0 aliphatic rings. The second-order valence-corrected chi connectivity index (χ2v) is 6.74. The van der Waals surface area contributed by atoms with E-state index < -0.39 is 18.0 Å². The van der Waals surface area contributed by atoms with Crippen molar-refractivity contribution < 1.29 is 23.9 Å². The molecule has 0 radical (unpaired) electrons. The smallest absolute Gasteiger partial charge is 0.344 e. The molecular formula is C24H23NO5. The Balaban J connectivity index is 1.52. The molecule has 154 valence electrons. The number of carbonyl (C=O) groups is 3. The van der Waals surface area contributed by atoms with E-state index in [4.69, 9.17) is 9.47 Å². The highest BCUT2D eigenvalue weighted by atomic mass is 16.6. The molecule has 1 atom stereocenters. The van der Waals surface area contributed by atoms with Crippen molar-refractivity contribution in [3.8, 4) is 5.75 Å². The van der Waals surface area contributed by atoms with E-state index in [9.17, 15) is 14.4 Å². The summed E-state index contributed by atoms with van der Waals surface area (Å²) < 4.78 is 10.5. The lowest BCUT2D eigenvalue weighted by atomic mass is 10.1. The van der Waals surface area contributed by atoms with Crippen molar-refractivity contribution in [2.45, 2.75) is 26.4 Å². The zero-order valence-electron chi connectivity index (χ0n) is 16.9. The van der Waals surface area contributed by atoms with Crippen molar-refractivity contribution in [1.29, 1.82) is 0 Å². The van der Waals surface area contributed by atoms with Crippen LogP contribution in [-0.2, 0) is 14.3 Å². The van der Waals surface area contributed by atoms with E-state index in [1.54, 1.807) is 37.3 Å². The zero-order valence-corrected chi connectivity index (χ0v) is 16.9. The molecule has 1 N–H and O–H groups in total. The van der Waals surface area contributed by atoms with Gasteiger partial charge in [-0.05, 0) is 42.6 Å². The van der Waals surface area contributed by atoms with Gasteiger partial charge in [-0.15, -0.1) is 0 Å². The average Bonchev–Trinajstić information content (AvgIpc) is 2.77. The fourth-order valence-electron chi connectivity index (χ4n) is 2.94. The molecule has 6 nitrogen and oxygen atoms in total. The lowest BCUT2D eigenvalue weighted by Crippen LogP contribution is -2.31. The summed E-state index contributed by atoms with van der Waals surface area (Å²) in [6.45, 7) is 2.96. The minimum absolute atomic E-state index is 0.0343. The number of anilines is 1. The highest BCUT2D eigenvalue weighted by molar-refractivity contribution is 6.03. The summed E-state index contributed by atoms with van der Waals surface area (Å²) in [4.78, 5) is 36.1. The Morgan fingerprint density at radius 1 is 0.933 bits per heavy atom. The SMILES string of the molecule is CCC(=O)c1ccc(OCC(=O)O[C@H](C)C(=O)Nc2cccc3ccccc23)cc1. The van der Waals surface area contributed by atoms with Crippen LogP contribution in [-0.4, -0.2) is 30.4 Å². The van der Waals surface area contributed by atoms with Crippen LogP contribution in [0.5, 0.6) is 5.75 Å². The van der Waals surface area contributed by atoms with Crippen LogP contribution in [0.3, 0.4) is 0 Å². The van der Waals surface area contributed by atoms with Crippen molar-refractivity contribution in [1.82, 2.24) is 0 Å². The molecule has 6 heteroatoms. The standard InChI is InChI=1S/C24H23NO5/c1-3-22(26)18-11-13-19(14-12-18)29-15-23(27)30-16(2)24(28)25-21-10-6-8-17-7-4-5-9-20(17)21/h4-14,16H,3,15H2,1-2H3,(H,25,28)/t16-/m1/s1. The summed E-state index contributed by atoms with van der Waals surface area (Å²) in [6.07, 6.45) is -0.560. The molecule has 0 fully saturated rings. The molecule has 0 aliphatic heterocycles. The number of Topliss-reactive ketones (excluding diaryl/α,β-unsaturated/α-hetero) is 1. The Kier molecular flexibility index (Phi) is 6.80. The van der Waals surface area contributed by atoms with Gasteiger partial charge in [-0.25, -0.2) is 4.79 Å². The first-order chi connectivity index (χ1) is 14.5. The summed E-state index contributed by atoms with van der Waals surface area (Å²) in [5.74, 6) is -0.620. The fraction of sp³-hybridized carbons (Fsp3) is 0.208. The van der Waals surface area contributed by atoms with Gasteiger partial charge >= 0.3 is 5.97 Å². The summed E-state index contributed by atoms with van der Waals surface area (Å²) in [5, 5.41) is 4.70. The van der Waals surface area contributed by atoms with Gasteiger partial charge in [0, 0.05) is 23.1 Å². The number of amides is 1. The lowest BCUT2D eigenvalue weighted by Gasteiger charge is -2.15. The number of nitrogens with one attached hydrogen (secondary N) is 1. The Labute approximate surface area is 174 Å². The topological polar surface area (TPSA) is 81.7 Å². The van der Waals surface area contributed by atoms with Gasteiger partial charge in [-0.2, -0.15) is 0 Å². The van der Waals surface area contributed by atoms with Crippen molar-refractivity contribution in [2.75, 3.05) is 11.9 Å². The Bertz CT molecular complexity index is 1050. The highest BCUT2D eigenvalue weighted by Crippen LogP contribution is 2.23. The second kappa shape index (κ2) is 9.69. The first-order valence-electron chi connectivity index (χ1n) is 9.72. The molecule has 0 spiro atoms. The van der Waals surface area contributed by atoms with Crippen LogP contribution in [0.25, 0.3) is 10.8 Å². The van der Waals surface area contributed by atoms with E-state index >= 15 is 0 Å². The van der Waals surface area contributed by atoms with Gasteiger partial charge in [0.05, 0.1) is 0 Å². The van der Waals surface area contributed by atoms with Crippen molar-refractivity contribution in [3.63, 3.8) is 0 Å². The normalized spacial score (nSPS) is 11.5. The van der Waals surface area contributed by atoms with Crippen molar-refractivity contribution >= 4 is 34.1 Å². The molecule has 30 heavy (non-hydrogen) atoms. The molecule has 3 aromatic rings. The summed E-state index contributed by atoms with van der Waals surface area (Å²) in [5.41, 5.74) is 1.24. The number of hydrogen-bond acceptors (Lipinski definition) is 5. The van der Waals surface area contributed by atoms with Crippen LogP contribution >= 0.6 is 0 Å². The summed E-state index contributed by atoms with van der Waals surface area (Å²) >= 11 is 0. The Morgan fingerprint density at radius 3 is 2.37 bits per heavy atom. The highest BCUT2D eigenvalue weighted by Gasteiger charge is 2.19. The molecule has 0 unspecified atom stereocenters. The van der Waals surface area contributed by atoms with E-state index in [0.717, 1.165) is 10.8 Å². The van der Waals surface area contributed by atoms with Crippen LogP contribution in [0.4, 0.5) is 5.69 Å². The van der Waals surface area contributed by atoms with E-state index in [0.29, 0.717) is 23.4 Å². The van der Waals surface area contributed by atoms with Crippen LogP contribution in [0, 0.1) is 0 Å². The third-order valence-electron chi connectivity index (χ3n) is 4.58. The number of carbonyl (C=O) groups excluding carboxylic acids is 3. The molecular weight excluding hydrogens is 382 g/mol. The molecule has 0 aromatic heterocycles. The monoisotopic (exact) mass is 405 g/mol. The van der Waals surface area contributed by atoms with Gasteiger partial charge < -0.3 is 14.8 Å². The molecule has 3 aromatic carbocycles. The lowest BCUT2D eigenvalue weighted by molar-refractivity contribution is -0.155. The van der Waals surface area contributed by atoms with Gasteiger partial charge in [0.15, 0.2) is 18.5 Å². The third kappa shape index (κ3) is 5.23. The number of rotatable bonds is 8. The number of ether oxygens (including phenoxy) is 2. The predicted molar refractivity (Wildman–Crippen MR) is 115 cm³/mol. The Hall–Kier alpha value is -3.67. The summed E-state index contributed by atoms with van der Waals surface area (Å²) in [6, 6.07) is 19.8. The van der Waals surface area contributed by atoms with Gasteiger partial charge in [0.1, 0.15) is 5.75 Å². The number of ketones is 1. The summed E-state index contributed by atoms with van der Waals surface area (Å²) in [7, 11) is 0. The van der Waals surface area contributed by atoms with Crippen LogP contribution in [0.1, 0.15) is 30.6 Å². The maximum absolute atomic E-state index is 12.4. The van der Waals surface area contributed by atoms with Crippen LogP contribution in [0.15, 0.2) is 66.7 Å². The van der Waals surface area contributed by atoms with Gasteiger partial charge in [-0.3, -0.25) is 9.59 Å². The zero-order chi connectivity index (χ0) is 21.5. The fourth-order valence-corrected chi connectivity index (χ4v) is 2.94. The van der Waals surface area contributed by atoms with Crippen molar-refractivity contribution in [3.05, 3.63) is 72.3 Å². The van der Waals surface area contributed by atoms with Gasteiger partial charge in [-0.1, -0.05) is 43.3 Å².